The van der Waals surface area contributed by atoms with Crippen LogP contribution in [0.5, 0.6) is 0 Å². The van der Waals surface area contributed by atoms with Crippen LogP contribution in [0.2, 0.25) is 0 Å². The molecule has 8 nitrogen and oxygen atoms in total. The molecule has 4 N–H and O–H groups in total. The lowest BCUT2D eigenvalue weighted by molar-refractivity contribution is -0.119. The van der Waals surface area contributed by atoms with Crippen LogP contribution >= 0.6 is 0 Å². The van der Waals surface area contributed by atoms with Gasteiger partial charge in [0.1, 0.15) is 0 Å². The predicted molar refractivity (Wildman–Crippen MR) is 110 cm³/mol. The average molecular weight is 393 g/mol. The maximum Gasteiger partial charge on any atom is 0.321 e. The quantitative estimate of drug-likeness (QED) is 0.712. The minimum Gasteiger partial charge on any atom is -0.369 e. The number of hydrogen-bond acceptors (Lipinski definition) is 4. The molecule has 150 valence electrons. The zero-order valence-electron chi connectivity index (χ0n) is 16.0. The molecule has 0 saturated carbocycles. The van der Waals surface area contributed by atoms with E-state index in [9.17, 15) is 14.4 Å². The highest BCUT2D eigenvalue weighted by Crippen LogP contribution is 2.23. The molecule has 4 rings (SSSR count). The molecule has 2 aromatic carbocycles. The van der Waals surface area contributed by atoms with Crippen LogP contribution in [0.25, 0.3) is 0 Å². The Kier molecular flexibility index (Phi) is 5.18. The number of primary amides is 1. The molecule has 2 aliphatic heterocycles. The van der Waals surface area contributed by atoms with Crippen molar-refractivity contribution < 1.29 is 14.4 Å². The van der Waals surface area contributed by atoms with E-state index in [2.05, 4.69) is 10.6 Å². The molecule has 29 heavy (non-hydrogen) atoms. The molecule has 0 atom stereocenters. The molecule has 0 bridgehead atoms. The number of anilines is 2. The topological polar surface area (TPSA) is 108 Å². The smallest absolute Gasteiger partial charge is 0.321 e. The van der Waals surface area contributed by atoms with Gasteiger partial charge in [0.15, 0.2) is 0 Å². The van der Waals surface area contributed by atoms with Gasteiger partial charge in [-0.15, -0.1) is 0 Å². The van der Waals surface area contributed by atoms with Crippen LogP contribution in [-0.2, 0) is 17.8 Å². The van der Waals surface area contributed by atoms with Crippen molar-refractivity contribution in [3.8, 4) is 0 Å². The monoisotopic (exact) mass is 393 g/mol. The van der Waals surface area contributed by atoms with Gasteiger partial charge < -0.3 is 16.4 Å². The highest BCUT2D eigenvalue weighted by Gasteiger charge is 2.21. The predicted octanol–water partition coefficient (Wildman–Crippen LogP) is 1.31. The summed E-state index contributed by atoms with van der Waals surface area (Å²) in [6, 6.07) is 12.7. The number of nitrogens with zero attached hydrogens (tertiary/aromatic N) is 2. The number of benzene rings is 2. The second-order valence-electron chi connectivity index (χ2n) is 7.30. The molecule has 8 heteroatoms. The number of rotatable bonds is 5. The zero-order valence-corrected chi connectivity index (χ0v) is 16.0. The van der Waals surface area contributed by atoms with Crippen molar-refractivity contribution >= 4 is 29.2 Å². The first-order valence-electron chi connectivity index (χ1n) is 9.59. The highest BCUT2D eigenvalue weighted by atomic mass is 16.2. The van der Waals surface area contributed by atoms with Gasteiger partial charge in [-0.3, -0.25) is 19.4 Å². The van der Waals surface area contributed by atoms with Crippen molar-refractivity contribution in [1.82, 2.24) is 10.2 Å². The Balaban J connectivity index is 1.43. The van der Waals surface area contributed by atoms with E-state index in [-0.39, 0.29) is 24.4 Å². The lowest BCUT2D eigenvalue weighted by Crippen LogP contribution is -2.37. The molecule has 0 unspecified atom stereocenters. The van der Waals surface area contributed by atoms with Crippen molar-refractivity contribution in [2.24, 2.45) is 5.73 Å². The highest BCUT2D eigenvalue weighted by molar-refractivity contribution is 6.04. The van der Waals surface area contributed by atoms with E-state index in [0.717, 1.165) is 24.2 Å². The fraction of sp³-hybridized carbons (Fsp3) is 0.286. The molecule has 1 fully saturated rings. The standard InChI is InChI=1S/C21H23N5O3/c22-19(27)13-25-9-7-14-1-4-17(11-16(14)12-25)24-20(28)15-2-5-18(6-3-15)26-10-8-23-21(26)29/h1-6,11H,7-10,12-13H2,(H2,22,27)(H,23,29)(H,24,28). The lowest BCUT2D eigenvalue weighted by atomic mass is 9.99. The largest absolute Gasteiger partial charge is 0.369 e. The maximum atomic E-state index is 12.6. The summed E-state index contributed by atoms with van der Waals surface area (Å²) in [5, 5.41) is 5.67. The molecule has 1 saturated heterocycles. The van der Waals surface area contributed by atoms with E-state index in [4.69, 9.17) is 5.73 Å². The second kappa shape index (κ2) is 7.92. The number of amides is 4. The van der Waals surface area contributed by atoms with Crippen molar-refractivity contribution in [1.29, 1.82) is 0 Å². The zero-order chi connectivity index (χ0) is 20.4. The van der Waals surface area contributed by atoms with Crippen LogP contribution < -0.4 is 21.3 Å². The van der Waals surface area contributed by atoms with E-state index in [1.54, 1.807) is 29.2 Å². The van der Waals surface area contributed by atoms with Gasteiger partial charge in [0.2, 0.25) is 5.91 Å². The maximum absolute atomic E-state index is 12.6. The van der Waals surface area contributed by atoms with Crippen molar-refractivity contribution in [3.63, 3.8) is 0 Å². The molecule has 4 amide bonds. The first-order chi connectivity index (χ1) is 14.0. The van der Waals surface area contributed by atoms with E-state index in [1.165, 1.54) is 5.56 Å². The normalized spacial score (nSPS) is 16.3. The summed E-state index contributed by atoms with van der Waals surface area (Å²) in [5.41, 5.74) is 9.59. The van der Waals surface area contributed by atoms with Crippen molar-refractivity contribution in [2.75, 3.05) is 36.4 Å². The van der Waals surface area contributed by atoms with Crippen LogP contribution in [-0.4, -0.2) is 48.9 Å². The molecular formula is C21H23N5O3. The Morgan fingerprint density at radius 1 is 1.07 bits per heavy atom. The van der Waals surface area contributed by atoms with Gasteiger partial charge in [-0.25, -0.2) is 4.79 Å². The Labute approximate surface area is 168 Å². The van der Waals surface area contributed by atoms with Crippen LogP contribution in [0.15, 0.2) is 42.5 Å². The number of carbonyl (C=O) groups excluding carboxylic acids is 3. The van der Waals surface area contributed by atoms with Crippen LogP contribution in [0.3, 0.4) is 0 Å². The number of urea groups is 1. The molecule has 2 heterocycles. The molecular weight excluding hydrogens is 370 g/mol. The van der Waals surface area contributed by atoms with Gasteiger partial charge in [-0.2, -0.15) is 0 Å². The SMILES string of the molecule is NC(=O)CN1CCc2ccc(NC(=O)c3ccc(N4CCNC4=O)cc3)cc2C1. The fourth-order valence-electron chi connectivity index (χ4n) is 3.76. The van der Waals surface area contributed by atoms with Gasteiger partial charge in [0, 0.05) is 43.1 Å². The first-order valence-corrected chi connectivity index (χ1v) is 9.59. The number of nitrogens with two attached hydrogens (primary N) is 1. The van der Waals surface area contributed by atoms with Gasteiger partial charge in [0.05, 0.1) is 6.54 Å². The Hall–Kier alpha value is -3.39. The van der Waals surface area contributed by atoms with Crippen molar-refractivity contribution in [2.45, 2.75) is 13.0 Å². The summed E-state index contributed by atoms with van der Waals surface area (Å²) in [6.45, 7) is 2.90. The fourth-order valence-corrected chi connectivity index (χ4v) is 3.76. The third kappa shape index (κ3) is 4.22. The average Bonchev–Trinajstić information content (AvgIpc) is 3.13. The summed E-state index contributed by atoms with van der Waals surface area (Å²) in [7, 11) is 0. The minimum atomic E-state index is -0.340. The van der Waals surface area contributed by atoms with E-state index >= 15 is 0 Å². The Bertz CT molecular complexity index is 957. The molecule has 0 spiro atoms. The molecule has 2 aromatic rings. The van der Waals surface area contributed by atoms with Gasteiger partial charge in [0.25, 0.3) is 5.91 Å². The Morgan fingerprint density at radius 3 is 2.55 bits per heavy atom. The van der Waals surface area contributed by atoms with Crippen LogP contribution in [0, 0.1) is 0 Å². The van der Waals surface area contributed by atoms with E-state index in [1.807, 2.05) is 23.1 Å². The van der Waals surface area contributed by atoms with Crippen LogP contribution in [0.4, 0.5) is 16.2 Å². The summed E-state index contributed by atoms with van der Waals surface area (Å²) >= 11 is 0. The minimum absolute atomic E-state index is 0.123. The molecule has 0 aliphatic carbocycles. The van der Waals surface area contributed by atoms with E-state index < -0.39 is 0 Å². The number of carbonyl (C=O) groups is 3. The third-order valence-electron chi connectivity index (χ3n) is 5.23. The van der Waals surface area contributed by atoms with Gasteiger partial charge >= 0.3 is 6.03 Å². The van der Waals surface area contributed by atoms with Gasteiger partial charge in [-0.1, -0.05) is 6.07 Å². The summed E-state index contributed by atoms with van der Waals surface area (Å²) in [6.07, 6.45) is 0.850. The lowest BCUT2D eigenvalue weighted by Gasteiger charge is -2.28. The molecule has 0 aromatic heterocycles. The van der Waals surface area contributed by atoms with Crippen LogP contribution in [0.1, 0.15) is 21.5 Å². The number of hydrogen-bond donors (Lipinski definition) is 3. The molecule has 0 radical (unpaired) electrons. The van der Waals surface area contributed by atoms with E-state index in [0.29, 0.717) is 30.9 Å². The Morgan fingerprint density at radius 2 is 1.86 bits per heavy atom. The van der Waals surface area contributed by atoms with Crippen molar-refractivity contribution in [3.05, 3.63) is 59.2 Å². The third-order valence-corrected chi connectivity index (χ3v) is 5.23. The second-order valence-corrected chi connectivity index (χ2v) is 7.30. The van der Waals surface area contributed by atoms with Gasteiger partial charge in [-0.05, 0) is 53.9 Å². The molecule has 2 aliphatic rings. The number of fused-ring (bicyclic) bond motifs is 1. The number of nitrogens with one attached hydrogen (secondary N) is 2. The first kappa shape index (κ1) is 18.9. The summed E-state index contributed by atoms with van der Waals surface area (Å²) in [5.74, 6) is -0.556. The summed E-state index contributed by atoms with van der Waals surface area (Å²) < 4.78 is 0. The summed E-state index contributed by atoms with van der Waals surface area (Å²) in [4.78, 5) is 39.2.